The molecule has 1 aliphatic rings. The zero-order valence-corrected chi connectivity index (χ0v) is 18.2. The van der Waals surface area contributed by atoms with E-state index in [-0.39, 0.29) is 5.82 Å². The van der Waals surface area contributed by atoms with Crippen molar-refractivity contribution in [2.75, 3.05) is 6.61 Å². The lowest BCUT2D eigenvalue weighted by Gasteiger charge is -2.24. The van der Waals surface area contributed by atoms with Gasteiger partial charge in [0, 0.05) is 47.8 Å². The summed E-state index contributed by atoms with van der Waals surface area (Å²) in [6, 6.07) is 11.0. The number of fused-ring (bicyclic) bond motifs is 1. The Bertz CT molecular complexity index is 1250. The van der Waals surface area contributed by atoms with Gasteiger partial charge in [0.1, 0.15) is 11.6 Å². The predicted molar refractivity (Wildman–Crippen MR) is 120 cm³/mol. The third-order valence-corrected chi connectivity index (χ3v) is 6.62. The van der Waals surface area contributed by atoms with Crippen LogP contribution in [0.1, 0.15) is 47.8 Å². The summed E-state index contributed by atoms with van der Waals surface area (Å²) in [6.07, 6.45) is 4.42. The molecule has 4 aromatic rings. The van der Waals surface area contributed by atoms with Gasteiger partial charge >= 0.3 is 0 Å². The molecule has 0 spiro atoms. The van der Waals surface area contributed by atoms with Crippen molar-refractivity contribution < 1.29 is 9.13 Å². The number of hydrogen-bond donors (Lipinski definition) is 1. The van der Waals surface area contributed by atoms with Crippen LogP contribution in [0, 0.1) is 19.7 Å². The molecule has 31 heavy (non-hydrogen) atoms. The topological polar surface area (TPSA) is 55.7 Å². The Hall–Kier alpha value is -3.15. The van der Waals surface area contributed by atoms with E-state index in [1.54, 1.807) is 6.07 Å². The number of aromatic amines is 1. The average Bonchev–Trinajstić information content (AvgIpc) is 3.22. The lowest BCUT2D eigenvalue weighted by Crippen LogP contribution is -2.09. The summed E-state index contributed by atoms with van der Waals surface area (Å²) in [6.45, 7) is 4.53. The second kappa shape index (κ2) is 7.84. The molecule has 0 atom stereocenters. The number of ether oxygens (including phenoxy) is 1. The molecule has 6 heteroatoms. The van der Waals surface area contributed by atoms with E-state index in [2.05, 4.69) is 28.3 Å². The minimum Gasteiger partial charge on any atom is -0.492 e. The largest absolute Gasteiger partial charge is 0.492 e. The molecule has 160 valence electrons. The maximum absolute atomic E-state index is 14.1. The fraction of sp³-hybridized carbons (Fsp3) is 0.360. The van der Waals surface area contributed by atoms with Gasteiger partial charge in [-0.2, -0.15) is 10.2 Å². The summed E-state index contributed by atoms with van der Waals surface area (Å²) in [5.41, 5.74) is 7.42. The molecule has 2 aromatic heterocycles. The molecule has 2 heterocycles. The summed E-state index contributed by atoms with van der Waals surface area (Å²) >= 11 is 0. The number of nitrogens with one attached hydrogen (secondary N) is 1. The molecular weight excluding hydrogens is 391 g/mol. The van der Waals surface area contributed by atoms with E-state index in [4.69, 9.17) is 4.74 Å². The van der Waals surface area contributed by atoms with Gasteiger partial charge < -0.3 is 4.74 Å². The molecule has 1 aliphatic carbocycles. The van der Waals surface area contributed by atoms with Crippen LogP contribution in [0.2, 0.25) is 0 Å². The number of hydrogen-bond acceptors (Lipinski definition) is 3. The van der Waals surface area contributed by atoms with Gasteiger partial charge in [-0.1, -0.05) is 12.5 Å². The first kappa shape index (κ1) is 19.8. The second-order valence-corrected chi connectivity index (χ2v) is 8.51. The quantitative estimate of drug-likeness (QED) is 0.443. The summed E-state index contributed by atoms with van der Waals surface area (Å²) < 4.78 is 22.0. The number of rotatable bonds is 6. The monoisotopic (exact) mass is 418 g/mol. The van der Waals surface area contributed by atoms with Crippen molar-refractivity contribution in [3.8, 4) is 16.9 Å². The summed E-state index contributed by atoms with van der Waals surface area (Å²) in [4.78, 5) is 0. The van der Waals surface area contributed by atoms with Gasteiger partial charge in [0.2, 0.25) is 0 Å². The first-order valence-corrected chi connectivity index (χ1v) is 10.9. The molecule has 1 N–H and O–H groups in total. The number of nitrogens with zero attached hydrogens (tertiary/aromatic N) is 3. The van der Waals surface area contributed by atoms with Crippen LogP contribution in [-0.4, -0.2) is 26.6 Å². The number of halogens is 1. The first-order chi connectivity index (χ1) is 15.0. The van der Waals surface area contributed by atoms with E-state index < -0.39 is 0 Å². The molecular formula is C25H27FN4O. The van der Waals surface area contributed by atoms with Crippen molar-refractivity contribution in [1.82, 2.24) is 20.0 Å². The van der Waals surface area contributed by atoms with Crippen LogP contribution in [-0.2, 0) is 13.5 Å². The Morgan fingerprint density at radius 1 is 1.16 bits per heavy atom. The Balaban J connectivity index is 1.43. The SMILES string of the molecule is Cc1nn(C)c(C)c1CCOc1cc(F)ccc1-c1ccc2n[nH]c(C3CCC3)c2c1. The Kier molecular flexibility index (Phi) is 5.00. The molecule has 5 rings (SSSR count). The van der Waals surface area contributed by atoms with Gasteiger partial charge in [0.05, 0.1) is 17.8 Å². The van der Waals surface area contributed by atoms with Crippen molar-refractivity contribution in [3.05, 3.63) is 64.9 Å². The van der Waals surface area contributed by atoms with Crippen molar-refractivity contribution in [1.29, 1.82) is 0 Å². The second-order valence-electron chi connectivity index (χ2n) is 8.51. The van der Waals surface area contributed by atoms with Crippen molar-refractivity contribution in [3.63, 3.8) is 0 Å². The molecule has 0 amide bonds. The van der Waals surface area contributed by atoms with Gasteiger partial charge in [0.15, 0.2) is 0 Å². The van der Waals surface area contributed by atoms with E-state index in [1.165, 1.54) is 42.7 Å². The fourth-order valence-corrected chi connectivity index (χ4v) is 4.50. The molecule has 0 radical (unpaired) electrons. The summed E-state index contributed by atoms with van der Waals surface area (Å²) in [7, 11) is 1.95. The smallest absolute Gasteiger partial charge is 0.130 e. The average molecular weight is 419 g/mol. The molecule has 0 saturated heterocycles. The Labute approximate surface area is 181 Å². The lowest BCUT2D eigenvalue weighted by atomic mass is 9.81. The maximum atomic E-state index is 14.1. The van der Waals surface area contributed by atoms with E-state index in [1.807, 2.05) is 30.8 Å². The molecule has 1 saturated carbocycles. The number of aromatic nitrogens is 4. The zero-order chi connectivity index (χ0) is 21.5. The van der Waals surface area contributed by atoms with Crippen LogP contribution in [0.5, 0.6) is 5.75 Å². The molecule has 0 unspecified atom stereocenters. The standard InChI is InChI=1S/C25H27FN4O/c1-15-20(16(2)30(3)29-15)11-12-31-24-14-19(26)8-9-21(24)18-7-10-23-22(13-18)25(28-27-23)17-5-4-6-17/h7-10,13-14,17H,4-6,11-12H2,1-3H3,(H,27,28). The van der Waals surface area contributed by atoms with Crippen molar-refractivity contribution in [2.45, 2.75) is 45.4 Å². The molecule has 5 nitrogen and oxygen atoms in total. The minimum atomic E-state index is -0.299. The van der Waals surface area contributed by atoms with Crippen LogP contribution in [0.15, 0.2) is 36.4 Å². The zero-order valence-electron chi connectivity index (χ0n) is 18.2. The Morgan fingerprint density at radius 3 is 2.71 bits per heavy atom. The highest BCUT2D eigenvalue weighted by Crippen LogP contribution is 2.40. The van der Waals surface area contributed by atoms with E-state index in [0.717, 1.165) is 39.8 Å². The number of H-pyrrole nitrogens is 1. The maximum Gasteiger partial charge on any atom is 0.130 e. The minimum absolute atomic E-state index is 0.299. The summed E-state index contributed by atoms with van der Waals surface area (Å²) in [5.74, 6) is 0.828. The number of aryl methyl sites for hydroxylation is 2. The van der Waals surface area contributed by atoms with E-state index in [0.29, 0.717) is 18.3 Å². The fourth-order valence-electron chi connectivity index (χ4n) is 4.50. The van der Waals surface area contributed by atoms with Crippen LogP contribution in [0.3, 0.4) is 0 Å². The lowest BCUT2D eigenvalue weighted by molar-refractivity contribution is 0.321. The highest BCUT2D eigenvalue weighted by atomic mass is 19.1. The number of benzene rings is 2. The van der Waals surface area contributed by atoms with Crippen molar-refractivity contribution in [2.24, 2.45) is 7.05 Å². The highest BCUT2D eigenvalue weighted by molar-refractivity contribution is 5.88. The highest BCUT2D eigenvalue weighted by Gasteiger charge is 2.23. The molecule has 1 fully saturated rings. The van der Waals surface area contributed by atoms with E-state index in [9.17, 15) is 4.39 Å². The third kappa shape index (κ3) is 3.60. The molecule has 0 bridgehead atoms. The van der Waals surface area contributed by atoms with Crippen LogP contribution >= 0.6 is 0 Å². The van der Waals surface area contributed by atoms with Crippen LogP contribution in [0.4, 0.5) is 4.39 Å². The van der Waals surface area contributed by atoms with Gasteiger partial charge in [-0.25, -0.2) is 4.39 Å². The van der Waals surface area contributed by atoms with Gasteiger partial charge in [0.25, 0.3) is 0 Å². The summed E-state index contributed by atoms with van der Waals surface area (Å²) in [5, 5.41) is 13.3. The van der Waals surface area contributed by atoms with Crippen molar-refractivity contribution >= 4 is 10.9 Å². The van der Waals surface area contributed by atoms with Crippen LogP contribution in [0.25, 0.3) is 22.0 Å². The van der Waals surface area contributed by atoms with Gasteiger partial charge in [-0.15, -0.1) is 0 Å². The van der Waals surface area contributed by atoms with Crippen LogP contribution < -0.4 is 4.74 Å². The normalized spacial score (nSPS) is 14.2. The first-order valence-electron chi connectivity index (χ1n) is 10.9. The molecule has 0 aliphatic heterocycles. The van der Waals surface area contributed by atoms with Gasteiger partial charge in [-0.3, -0.25) is 9.78 Å². The molecule has 2 aromatic carbocycles. The Morgan fingerprint density at radius 2 is 2.00 bits per heavy atom. The third-order valence-electron chi connectivity index (χ3n) is 6.62. The van der Waals surface area contributed by atoms with E-state index >= 15 is 0 Å². The van der Waals surface area contributed by atoms with Gasteiger partial charge in [-0.05, 0) is 62.1 Å². The predicted octanol–water partition coefficient (Wildman–Crippen LogP) is 5.61.